The fraction of sp³-hybridized carbons (Fsp3) is 0.429. The zero-order valence-corrected chi connectivity index (χ0v) is 12.7. The smallest absolute Gasteiger partial charge is 0.221 e. The van der Waals surface area contributed by atoms with Crippen LogP contribution in [0.4, 0.5) is 0 Å². The van der Waals surface area contributed by atoms with Crippen molar-refractivity contribution >= 4 is 18.0 Å². The zero-order valence-electron chi connectivity index (χ0n) is 11.9. The number of benzene rings is 1. The summed E-state index contributed by atoms with van der Waals surface area (Å²) in [7, 11) is 0. The predicted octanol–water partition coefficient (Wildman–Crippen LogP) is 1.36. The predicted molar refractivity (Wildman–Crippen MR) is 78.2 cm³/mol. The number of hydrogen-bond donors (Lipinski definition) is 0. The van der Waals surface area contributed by atoms with Crippen molar-refractivity contribution in [3.8, 4) is 5.69 Å². The molecule has 0 radical (unpaired) electrons. The molecule has 0 N–H and O–H groups in total. The molecule has 8 heteroatoms. The minimum Gasteiger partial charge on any atom is -0.343 e. The summed E-state index contributed by atoms with van der Waals surface area (Å²) in [5, 5.41) is 8.24. The van der Waals surface area contributed by atoms with Crippen LogP contribution in [0.2, 0.25) is 0 Å². The van der Waals surface area contributed by atoms with Crippen molar-refractivity contribution in [1.29, 1.82) is 0 Å². The van der Waals surface area contributed by atoms with Crippen LogP contribution in [0, 0.1) is 11.7 Å². The van der Waals surface area contributed by atoms with Crippen LogP contribution in [0.3, 0.4) is 0 Å². The van der Waals surface area contributed by atoms with E-state index in [0.717, 1.165) is 11.3 Å². The van der Waals surface area contributed by atoms with Gasteiger partial charge in [-0.1, -0.05) is 17.7 Å². The highest BCUT2D eigenvalue weighted by Gasteiger charge is 2.45. The fourth-order valence-corrected chi connectivity index (χ4v) is 3.09. The van der Waals surface area contributed by atoms with Gasteiger partial charge in [0.05, 0.1) is 18.3 Å². The van der Waals surface area contributed by atoms with Crippen molar-refractivity contribution in [2.45, 2.75) is 31.8 Å². The van der Waals surface area contributed by atoms with Crippen molar-refractivity contribution in [3.05, 3.63) is 34.6 Å². The Balaban J connectivity index is 1.71. The second kappa shape index (κ2) is 5.08. The number of fused-ring (bicyclic) bond motifs is 2. The van der Waals surface area contributed by atoms with Gasteiger partial charge in [-0.25, -0.2) is 4.68 Å². The molecule has 0 unspecified atom stereocenters. The summed E-state index contributed by atoms with van der Waals surface area (Å²) in [5.41, 5.74) is 1.99. The Morgan fingerprint density at radius 1 is 1.27 bits per heavy atom. The summed E-state index contributed by atoms with van der Waals surface area (Å²) >= 11 is 5.47. The Hall–Kier alpha value is -1.90. The number of carbonyl (C=O) groups is 1. The Kier molecular flexibility index (Phi) is 3.17. The third-order valence-electron chi connectivity index (χ3n) is 4.01. The highest BCUT2D eigenvalue weighted by Crippen LogP contribution is 2.32. The summed E-state index contributed by atoms with van der Waals surface area (Å²) in [6.07, 6.45) is -0.629. The van der Waals surface area contributed by atoms with Crippen LogP contribution in [-0.4, -0.2) is 44.6 Å². The van der Waals surface area contributed by atoms with E-state index in [9.17, 15) is 4.79 Å². The Morgan fingerprint density at radius 2 is 2.05 bits per heavy atom. The van der Waals surface area contributed by atoms with Crippen LogP contribution < -0.4 is 0 Å². The molecule has 2 bridgehead atoms. The molecule has 2 saturated heterocycles. The van der Waals surface area contributed by atoms with E-state index in [4.69, 9.17) is 21.7 Å². The van der Waals surface area contributed by atoms with E-state index < -0.39 is 6.29 Å². The number of aryl methyl sites for hydroxylation is 1. The number of ketones is 1. The first-order chi connectivity index (χ1) is 10.6. The molecule has 3 heterocycles. The van der Waals surface area contributed by atoms with E-state index in [1.165, 1.54) is 0 Å². The van der Waals surface area contributed by atoms with Crippen LogP contribution in [0.15, 0.2) is 24.3 Å². The molecule has 2 aromatic rings. The number of ether oxygens (including phenoxy) is 2. The average Bonchev–Trinajstić information content (AvgIpc) is 3.10. The second-order valence-electron chi connectivity index (χ2n) is 5.53. The van der Waals surface area contributed by atoms with E-state index >= 15 is 0 Å². The van der Waals surface area contributed by atoms with E-state index in [1.54, 1.807) is 9.36 Å². The fourth-order valence-electron chi connectivity index (χ4n) is 2.78. The van der Waals surface area contributed by atoms with Crippen LogP contribution in [0.25, 0.3) is 5.69 Å². The van der Waals surface area contributed by atoms with E-state index in [1.807, 2.05) is 31.2 Å². The molecule has 1 aromatic heterocycles. The number of nitrogens with zero attached hydrogens (tertiary/aromatic N) is 4. The van der Waals surface area contributed by atoms with Crippen LogP contribution >= 0.6 is 12.2 Å². The quantitative estimate of drug-likeness (QED) is 0.779. The Bertz CT molecular complexity index is 782. The molecule has 2 aliphatic heterocycles. The van der Waals surface area contributed by atoms with Gasteiger partial charge in [-0.2, -0.15) is 4.68 Å². The molecule has 2 aliphatic rings. The van der Waals surface area contributed by atoms with Gasteiger partial charge < -0.3 is 9.47 Å². The minimum atomic E-state index is -0.720. The average molecular weight is 318 g/mol. The summed E-state index contributed by atoms with van der Waals surface area (Å²) in [5.74, 6) is -0.0782. The SMILES string of the molecule is Cc1ccc(-n2nnn([C@H]3CC(=O)[C@@H]4OC[C@H]3O4)c2=S)cc1. The Labute approximate surface area is 131 Å². The maximum atomic E-state index is 11.9. The topological polar surface area (TPSA) is 71.2 Å². The van der Waals surface area contributed by atoms with E-state index in [-0.39, 0.29) is 17.9 Å². The highest BCUT2D eigenvalue weighted by atomic mass is 32.1. The molecule has 2 fully saturated rings. The molecule has 3 atom stereocenters. The minimum absolute atomic E-state index is 0.0782. The van der Waals surface area contributed by atoms with Crippen molar-refractivity contribution in [2.24, 2.45) is 0 Å². The first-order valence-electron chi connectivity index (χ1n) is 7.05. The molecular formula is C14H14N4O3S. The van der Waals surface area contributed by atoms with E-state index in [0.29, 0.717) is 17.8 Å². The van der Waals surface area contributed by atoms with Gasteiger partial charge in [0.15, 0.2) is 5.78 Å². The molecule has 0 aliphatic carbocycles. The van der Waals surface area contributed by atoms with Crippen molar-refractivity contribution in [2.75, 3.05) is 6.61 Å². The van der Waals surface area contributed by atoms with Gasteiger partial charge in [0, 0.05) is 6.42 Å². The van der Waals surface area contributed by atoms with Crippen LogP contribution in [0.1, 0.15) is 18.0 Å². The summed E-state index contributed by atoms with van der Waals surface area (Å²) in [4.78, 5) is 11.9. The van der Waals surface area contributed by atoms with E-state index in [2.05, 4.69) is 10.4 Å². The summed E-state index contributed by atoms with van der Waals surface area (Å²) in [6.45, 7) is 2.39. The summed E-state index contributed by atoms with van der Waals surface area (Å²) in [6, 6.07) is 7.57. The second-order valence-corrected chi connectivity index (χ2v) is 5.90. The zero-order chi connectivity index (χ0) is 15.3. The maximum Gasteiger partial charge on any atom is 0.221 e. The first-order valence-corrected chi connectivity index (χ1v) is 7.45. The summed E-state index contributed by atoms with van der Waals surface area (Å²) < 4.78 is 14.5. The van der Waals surface area contributed by atoms with Crippen molar-refractivity contribution in [1.82, 2.24) is 19.8 Å². The number of carbonyl (C=O) groups excluding carboxylic acids is 1. The largest absolute Gasteiger partial charge is 0.343 e. The molecule has 22 heavy (non-hydrogen) atoms. The highest BCUT2D eigenvalue weighted by molar-refractivity contribution is 7.71. The van der Waals surface area contributed by atoms with Gasteiger partial charge in [-0.15, -0.1) is 0 Å². The van der Waals surface area contributed by atoms with Gasteiger partial charge in [0.1, 0.15) is 6.10 Å². The number of tetrazole rings is 1. The lowest BCUT2D eigenvalue weighted by molar-refractivity contribution is -0.156. The molecule has 114 valence electrons. The Morgan fingerprint density at radius 3 is 2.82 bits per heavy atom. The molecule has 1 aromatic carbocycles. The molecule has 7 nitrogen and oxygen atoms in total. The van der Waals surface area contributed by atoms with Gasteiger partial charge >= 0.3 is 0 Å². The first kappa shape index (κ1) is 13.7. The van der Waals surface area contributed by atoms with Crippen molar-refractivity contribution in [3.63, 3.8) is 0 Å². The van der Waals surface area contributed by atoms with Gasteiger partial charge in [0.25, 0.3) is 0 Å². The number of hydrogen-bond acceptors (Lipinski definition) is 6. The van der Waals surface area contributed by atoms with Crippen molar-refractivity contribution < 1.29 is 14.3 Å². The lowest BCUT2D eigenvalue weighted by Gasteiger charge is -2.25. The molecule has 0 amide bonds. The number of aromatic nitrogens is 4. The third-order valence-corrected chi connectivity index (χ3v) is 4.37. The maximum absolute atomic E-state index is 11.9. The third kappa shape index (κ3) is 2.11. The standard InChI is InChI=1S/C14H14N4O3S/c1-8-2-4-9(5-3-8)17-14(22)18(16-15-17)10-6-11(19)13-20-7-12(10)21-13/h2-5,10,12-13H,6-7H2,1H3/t10-,12+,13+/m0/s1. The molecule has 0 spiro atoms. The monoisotopic (exact) mass is 318 g/mol. The molecule has 0 saturated carbocycles. The normalized spacial score (nSPS) is 27.3. The van der Waals surface area contributed by atoms with Gasteiger partial charge in [-0.05, 0) is 41.7 Å². The number of Topliss-reactive ketones (excluding diaryl/α,β-unsaturated/α-hetero) is 1. The number of rotatable bonds is 2. The van der Waals surface area contributed by atoms with Crippen LogP contribution in [0.5, 0.6) is 0 Å². The van der Waals surface area contributed by atoms with Gasteiger partial charge in [-0.3, -0.25) is 4.79 Å². The van der Waals surface area contributed by atoms with Crippen LogP contribution in [-0.2, 0) is 14.3 Å². The lowest BCUT2D eigenvalue weighted by atomic mass is 10.0. The lowest BCUT2D eigenvalue weighted by Crippen LogP contribution is -2.37. The molecular weight excluding hydrogens is 304 g/mol. The van der Waals surface area contributed by atoms with Gasteiger partial charge in [0.2, 0.25) is 11.1 Å². The molecule has 4 rings (SSSR count).